The average Bonchev–Trinajstić information content (AvgIpc) is 2.60. The largest absolute Gasteiger partial charge is 0.311 e. The molecule has 0 saturated carbocycles. The highest BCUT2D eigenvalue weighted by Crippen LogP contribution is 2.27. The maximum absolute atomic E-state index is 11.7. The van der Waals surface area contributed by atoms with Gasteiger partial charge in [0.1, 0.15) is 0 Å². The number of hydrogen-bond acceptors (Lipinski definition) is 3. The van der Waals surface area contributed by atoms with Crippen molar-refractivity contribution in [2.75, 3.05) is 11.4 Å². The van der Waals surface area contributed by atoms with Crippen LogP contribution in [0.25, 0.3) is 0 Å². The monoisotopic (exact) mass is 284 g/mol. The van der Waals surface area contributed by atoms with Crippen molar-refractivity contribution in [1.29, 1.82) is 0 Å². The molecule has 1 saturated heterocycles. The number of amides is 1. The van der Waals surface area contributed by atoms with Gasteiger partial charge < -0.3 is 4.90 Å². The van der Waals surface area contributed by atoms with Crippen molar-refractivity contribution in [1.82, 2.24) is 0 Å². The van der Waals surface area contributed by atoms with Gasteiger partial charge >= 0.3 is 0 Å². The number of nitrogens with zero attached hydrogens (tertiary/aromatic N) is 2. The molecule has 0 spiro atoms. The van der Waals surface area contributed by atoms with Crippen LogP contribution in [-0.4, -0.2) is 22.2 Å². The summed E-state index contributed by atoms with van der Waals surface area (Å²) in [4.78, 5) is 23.2. The van der Waals surface area contributed by atoms with E-state index in [0.29, 0.717) is 12.2 Å². The van der Waals surface area contributed by atoms with Gasteiger partial charge in [-0.05, 0) is 12.5 Å². The maximum atomic E-state index is 11.7. The summed E-state index contributed by atoms with van der Waals surface area (Å²) >= 11 is 3.26. The van der Waals surface area contributed by atoms with Gasteiger partial charge in [0.25, 0.3) is 5.69 Å². The molecule has 1 fully saturated rings. The summed E-state index contributed by atoms with van der Waals surface area (Å²) in [5.74, 6) is -0.0412. The molecule has 1 atom stereocenters. The molecule has 1 aromatic carbocycles. The Morgan fingerprint density at radius 3 is 2.81 bits per heavy atom. The lowest BCUT2D eigenvalue weighted by Crippen LogP contribution is -2.26. The van der Waals surface area contributed by atoms with Crippen LogP contribution in [0.2, 0.25) is 0 Å². The van der Waals surface area contributed by atoms with E-state index in [1.807, 2.05) is 0 Å². The van der Waals surface area contributed by atoms with Crippen LogP contribution in [-0.2, 0) is 4.79 Å². The minimum atomic E-state index is -0.463. The fourth-order valence-electron chi connectivity index (χ4n) is 1.68. The molecular formula is C10H9BrN2O3. The van der Waals surface area contributed by atoms with Crippen molar-refractivity contribution < 1.29 is 9.72 Å². The third-order valence-electron chi connectivity index (χ3n) is 2.49. The van der Waals surface area contributed by atoms with E-state index in [-0.39, 0.29) is 16.4 Å². The molecule has 0 radical (unpaired) electrons. The molecule has 5 nitrogen and oxygen atoms in total. The first-order valence-electron chi connectivity index (χ1n) is 4.79. The van der Waals surface area contributed by atoms with Crippen LogP contribution in [0.15, 0.2) is 24.3 Å². The third-order valence-corrected chi connectivity index (χ3v) is 3.34. The number of rotatable bonds is 2. The number of benzene rings is 1. The van der Waals surface area contributed by atoms with Gasteiger partial charge in [0, 0.05) is 18.7 Å². The number of halogens is 1. The quantitative estimate of drug-likeness (QED) is 0.475. The number of carbonyl (C=O) groups is 1. The number of carbonyl (C=O) groups excluding carboxylic acids is 1. The van der Waals surface area contributed by atoms with Crippen LogP contribution in [0.4, 0.5) is 11.4 Å². The average molecular weight is 285 g/mol. The second-order valence-electron chi connectivity index (χ2n) is 3.52. The van der Waals surface area contributed by atoms with Gasteiger partial charge in [-0.25, -0.2) is 0 Å². The van der Waals surface area contributed by atoms with Crippen molar-refractivity contribution in [3.05, 3.63) is 34.4 Å². The minimum absolute atomic E-state index is 0.00308. The number of non-ortho nitro benzene ring substituents is 1. The highest BCUT2D eigenvalue weighted by molar-refractivity contribution is 9.10. The zero-order valence-corrected chi connectivity index (χ0v) is 9.88. The molecule has 0 bridgehead atoms. The Balaban J connectivity index is 2.31. The molecule has 6 heteroatoms. The predicted octanol–water partition coefficient (Wildman–Crippen LogP) is 2.09. The lowest BCUT2D eigenvalue weighted by atomic mass is 10.2. The van der Waals surface area contributed by atoms with Gasteiger partial charge in [0.05, 0.1) is 15.4 Å². The SMILES string of the molecule is O=C1[C@H](Br)CCN1c1cccc([N+](=O)[O-])c1. The topological polar surface area (TPSA) is 63.5 Å². The minimum Gasteiger partial charge on any atom is -0.311 e. The third kappa shape index (κ3) is 1.92. The molecule has 1 aliphatic rings. The van der Waals surface area contributed by atoms with Crippen molar-refractivity contribution in [3.63, 3.8) is 0 Å². The fourth-order valence-corrected chi connectivity index (χ4v) is 2.13. The number of nitro benzene ring substituents is 1. The Bertz CT molecular complexity index is 449. The Morgan fingerprint density at radius 2 is 2.25 bits per heavy atom. The van der Waals surface area contributed by atoms with Crippen LogP contribution in [0.5, 0.6) is 0 Å². The van der Waals surface area contributed by atoms with E-state index < -0.39 is 4.92 Å². The molecular weight excluding hydrogens is 276 g/mol. The first kappa shape index (κ1) is 11.1. The van der Waals surface area contributed by atoms with Gasteiger partial charge in [-0.15, -0.1) is 0 Å². The first-order valence-corrected chi connectivity index (χ1v) is 5.71. The summed E-state index contributed by atoms with van der Waals surface area (Å²) < 4.78 is 0. The van der Waals surface area contributed by atoms with E-state index in [4.69, 9.17) is 0 Å². The summed E-state index contributed by atoms with van der Waals surface area (Å²) in [6, 6.07) is 6.12. The predicted molar refractivity (Wildman–Crippen MR) is 62.8 cm³/mol. The number of anilines is 1. The van der Waals surface area contributed by atoms with Crippen LogP contribution >= 0.6 is 15.9 Å². The Kier molecular flexibility index (Phi) is 2.91. The Labute approximate surface area is 100 Å². The number of alkyl halides is 1. The molecule has 1 heterocycles. The molecule has 84 valence electrons. The zero-order valence-electron chi connectivity index (χ0n) is 8.30. The highest BCUT2D eigenvalue weighted by atomic mass is 79.9. The van der Waals surface area contributed by atoms with Crippen LogP contribution in [0.3, 0.4) is 0 Å². The van der Waals surface area contributed by atoms with Crippen molar-refractivity contribution in [3.8, 4) is 0 Å². The summed E-state index contributed by atoms with van der Waals surface area (Å²) in [6.45, 7) is 0.593. The van der Waals surface area contributed by atoms with E-state index in [2.05, 4.69) is 15.9 Å². The molecule has 2 rings (SSSR count). The van der Waals surface area contributed by atoms with Crippen molar-refractivity contribution in [2.24, 2.45) is 0 Å². The summed E-state index contributed by atoms with van der Waals surface area (Å²) in [7, 11) is 0. The van der Waals surface area contributed by atoms with Crippen LogP contribution in [0.1, 0.15) is 6.42 Å². The summed E-state index contributed by atoms with van der Waals surface area (Å²) in [5.41, 5.74) is 0.587. The first-order chi connectivity index (χ1) is 7.59. The zero-order chi connectivity index (χ0) is 11.7. The van der Waals surface area contributed by atoms with E-state index in [1.54, 1.807) is 17.0 Å². The van der Waals surface area contributed by atoms with Crippen molar-refractivity contribution in [2.45, 2.75) is 11.2 Å². The maximum Gasteiger partial charge on any atom is 0.271 e. The second kappa shape index (κ2) is 4.21. The Hall–Kier alpha value is -1.43. The van der Waals surface area contributed by atoms with Gasteiger partial charge in [0.15, 0.2) is 0 Å². The molecule has 0 N–H and O–H groups in total. The summed E-state index contributed by atoms with van der Waals surface area (Å²) in [5, 5.41) is 10.6. The van der Waals surface area contributed by atoms with E-state index >= 15 is 0 Å². The van der Waals surface area contributed by atoms with E-state index in [9.17, 15) is 14.9 Å². The lowest BCUT2D eigenvalue weighted by Gasteiger charge is -2.15. The number of nitro groups is 1. The van der Waals surface area contributed by atoms with Gasteiger partial charge in [0.2, 0.25) is 5.91 Å². The summed E-state index contributed by atoms with van der Waals surface area (Å²) in [6.07, 6.45) is 0.724. The molecule has 1 aliphatic heterocycles. The van der Waals surface area contributed by atoms with E-state index in [1.165, 1.54) is 12.1 Å². The van der Waals surface area contributed by atoms with Crippen LogP contribution < -0.4 is 4.90 Å². The van der Waals surface area contributed by atoms with Crippen LogP contribution in [0, 0.1) is 10.1 Å². The number of hydrogen-bond donors (Lipinski definition) is 0. The van der Waals surface area contributed by atoms with Gasteiger partial charge in [-0.1, -0.05) is 22.0 Å². The highest BCUT2D eigenvalue weighted by Gasteiger charge is 2.30. The van der Waals surface area contributed by atoms with E-state index in [0.717, 1.165) is 6.42 Å². The molecule has 1 amide bonds. The van der Waals surface area contributed by atoms with Crippen molar-refractivity contribution >= 4 is 33.2 Å². The fraction of sp³-hybridized carbons (Fsp3) is 0.300. The normalized spacial score (nSPS) is 20.2. The van der Waals surface area contributed by atoms with Gasteiger partial charge in [-0.3, -0.25) is 14.9 Å². The molecule has 16 heavy (non-hydrogen) atoms. The molecule has 0 unspecified atom stereocenters. The standard InChI is InChI=1S/C10H9BrN2O3/c11-9-4-5-12(10(9)14)7-2-1-3-8(6-7)13(15)16/h1-3,6,9H,4-5H2/t9-/m1/s1. The smallest absolute Gasteiger partial charge is 0.271 e. The lowest BCUT2D eigenvalue weighted by molar-refractivity contribution is -0.384. The molecule has 0 aliphatic carbocycles. The molecule has 1 aromatic rings. The second-order valence-corrected chi connectivity index (χ2v) is 4.63. The van der Waals surface area contributed by atoms with Gasteiger partial charge in [-0.2, -0.15) is 0 Å². The molecule has 0 aromatic heterocycles. The Morgan fingerprint density at radius 1 is 1.50 bits per heavy atom.